The van der Waals surface area contributed by atoms with Crippen LogP contribution in [-0.2, 0) is 0 Å². The Bertz CT molecular complexity index is 336. The second-order valence-electron chi connectivity index (χ2n) is 3.33. The van der Waals surface area contributed by atoms with E-state index in [9.17, 15) is 5.11 Å². The molecule has 6 heteroatoms. The van der Waals surface area contributed by atoms with Crippen LogP contribution in [0.15, 0.2) is 10.7 Å². The zero-order valence-electron chi connectivity index (χ0n) is 9.40. The van der Waals surface area contributed by atoms with Gasteiger partial charge in [-0.2, -0.15) is 4.98 Å². The number of aliphatic hydroxyl groups is 1. The van der Waals surface area contributed by atoms with Crippen molar-refractivity contribution >= 4 is 21.9 Å². The Balaban J connectivity index is 2.48. The Morgan fingerprint density at radius 1 is 1.62 bits per heavy atom. The van der Waals surface area contributed by atoms with Gasteiger partial charge in [0.15, 0.2) is 0 Å². The molecule has 1 aromatic heterocycles. The van der Waals surface area contributed by atoms with Crippen LogP contribution in [0.4, 0.5) is 5.95 Å². The van der Waals surface area contributed by atoms with Crippen molar-refractivity contribution in [3.63, 3.8) is 0 Å². The molecule has 1 atom stereocenters. The Labute approximate surface area is 103 Å². The lowest BCUT2D eigenvalue weighted by atomic mass is 10.2. The van der Waals surface area contributed by atoms with Gasteiger partial charge in [0.2, 0.25) is 11.8 Å². The number of halogens is 1. The molecule has 0 radical (unpaired) electrons. The topological polar surface area (TPSA) is 67.3 Å². The summed E-state index contributed by atoms with van der Waals surface area (Å²) in [5.41, 5.74) is 0. The number of rotatable bonds is 6. The third-order valence-corrected chi connectivity index (χ3v) is 2.68. The molecule has 5 nitrogen and oxygen atoms in total. The lowest BCUT2D eigenvalue weighted by Crippen LogP contribution is -2.13. The fourth-order valence-corrected chi connectivity index (χ4v) is 1.49. The fraction of sp³-hybridized carbons (Fsp3) is 0.600. The molecule has 1 aromatic rings. The van der Waals surface area contributed by atoms with Gasteiger partial charge in [-0.25, -0.2) is 4.98 Å². The van der Waals surface area contributed by atoms with E-state index in [0.717, 1.165) is 6.42 Å². The maximum Gasteiger partial charge on any atom is 0.232 e. The molecule has 1 rings (SSSR count). The molecule has 0 spiro atoms. The summed E-state index contributed by atoms with van der Waals surface area (Å²) in [6.45, 7) is 2.59. The van der Waals surface area contributed by atoms with Gasteiger partial charge < -0.3 is 15.2 Å². The second kappa shape index (κ2) is 6.65. The first-order valence-corrected chi connectivity index (χ1v) is 5.95. The van der Waals surface area contributed by atoms with Crippen molar-refractivity contribution in [2.24, 2.45) is 0 Å². The molecule has 90 valence electrons. The predicted octanol–water partition coefficient (Wildman–Crippen LogP) is 1.82. The molecule has 2 N–H and O–H groups in total. The zero-order valence-corrected chi connectivity index (χ0v) is 11.0. The summed E-state index contributed by atoms with van der Waals surface area (Å²) in [5.74, 6) is 0.997. The third kappa shape index (κ3) is 3.94. The second-order valence-corrected chi connectivity index (χ2v) is 4.18. The van der Waals surface area contributed by atoms with Crippen LogP contribution in [0.1, 0.15) is 19.8 Å². The summed E-state index contributed by atoms with van der Waals surface area (Å²) in [6.07, 6.45) is 2.79. The van der Waals surface area contributed by atoms with E-state index in [0.29, 0.717) is 29.3 Å². The normalized spacial score (nSPS) is 12.2. The van der Waals surface area contributed by atoms with E-state index in [1.165, 1.54) is 0 Å². The van der Waals surface area contributed by atoms with Gasteiger partial charge in [-0.1, -0.05) is 6.92 Å². The fourth-order valence-electron chi connectivity index (χ4n) is 1.13. The maximum absolute atomic E-state index is 9.37. The van der Waals surface area contributed by atoms with Gasteiger partial charge in [0.05, 0.1) is 23.9 Å². The highest BCUT2D eigenvalue weighted by Gasteiger charge is 2.05. The largest absolute Gasteiger partial charge is 0.480 e. The summed E-state index contributed by atoms with van der Waals surface area (Å²) >= 11 is 3.28. The minimum absolute atomic E-state index is 0.273. The van der Waals surface area contributed by atoms with Crippen molar-refractivity contribution in [1.29, 1.82) is 0 Å². The molecule has 0 fully saturated rings. The van der Waals surface area contributed by atoms with Gasteiger partial charge in [0, 0.05) is 6.54 Å². The van der Waals surface area contributed by atoms with Crippen molar-refractivity contribution in [2.75, 3.05) is 19.0 Å². The molecular weight excluding hydrogens is 274 g/mol. The molecule has 16 heavy (non-hydrogen) atoms. The summed E-state index contributed by atoms with van der Waals surface area (Å²) < 4.78 is 5.76. The van der Waals surface area contributed by atoms with Gasteiger partial charge in [-0.15, -0.1) is 0 Å². The number of aromatic nitrogens is 2. The lowest BCUT2D eigenvalue weighted by Gasteiger charge is -2.09. The average Bonchev–Trinajstić information content (AvgIpc) is 2.31. The Kier molecular flexibility index (Phi) is 5.48. The van der Waals surface area contributed by atoms with Crippen molar-refractivity contribution in [3.8, 4) is 5.88 Å². The van der Waals surface area contributed by atoms with Crippen LogP contribution >= 0.6 is 15.9 Å². The summed E-state index contributed by atoms with van der Waals surface area (Å²) in [6, 6.07) is 0. The summed E-state index contributed by atoms with van der Waals surface area (Å²) in [5, 5.41) is 12.4. The first-order valence-electron chi connectivity index (χ1n) is 5.15. The number of ether oxygens (including phenoxy) is 1. The van der Waals surface area contributed by atoms with Crippen molar-refractivity contribution in [3.05, 3.63) is 10.7 Å². The molecule has 0 saturated carbocycles. The van der Waals surface area contributed by atoms with Crippen molar-refractivity contribution in [2.45, 2.75) is 25.9 Å². The Hall–Kier alpha value is -0.880. The first kappa shape index (κ1) is 13.2. The summed E-state index contributed by atoms with van der Waals surface area (Å²) in [7, 11) is 1.55. The predicted molar refractivity (Wildman–Crippen MR) is 65.7 cm³/mol. The van der Waals surface area contributed by atoms with Crippen molar-refractivity contribution in [1.82, 2.24) is 9.97 Å². The quantitative estimate of drug-likeness (QED) is 0.836. The lowest BCUT2D eigenvalue weighted by molar-refractivity contribution is 0.164. The number of anilines is 1. The van der Waals surface area contributed by atoms with Crippen LogP contribution < -0.4 is 10.1 Å². The minimum Gasteiger partial charge on any atom is -0.480 e. The van der Waals surface area contributed by atoms with E-state index in [1.54, 1.807) is 13.3 Å². The minimum atomic E-state index is -0.273. The molecule has 1 heterocycles. The van der Waals surface area contributed by atoms with E-state index >= 15 is 0 Å². The van der Waals surface area contributed by atoms with Crippen LogP contribution in [-0.4, -0.2) is 34.8 Å². The zero-order chi connectivity index (χ0) is 12.0. The molecule has 0 aliphatic rings. The Morgan fingerprint density at radius 2 is 2.38 bits per heavy atom. The van der Waals surface area contributed by atoms with E-state index in [-0.39, 0.29) is 6.10 Å². The Morgan fingerprint density at radius 3 is 3.00 bits per heavy atom. The molecule has 1 unspecified atom stereocenters. The van der Waals surface area contributed by atoms with Gasteiger partial charge in [0.1, 0.15) is 0 Å². The molecule has 0 aliphatic carbocycles. The van der Waals surface area contributed by atoms with E-state index in [4.69, 9.17) is 4.74 Å². The van der Waals surface area contributed by atoms with Crippen LogP contribution in [0.2, 0.25) is 0 Å². The molecular formula is C10H16BrN3O2. The van der Waals surface area contributed by atoms with E-state index in [2.05, 4.69) is 31.2 Å². The highest BCUT2D eigenvalue weighted by atomic mass is 79.9. The smallest absolute Gasteiger partial charge is 0.232 e. The molecule has 0 aliphatic heterocycles. The van der Waals surface area contributed by atoms with Crippen LogP contribution in [0.3, 0.4) is 0 Å². The number of nitrogens with zero attached hydrogens (tertiary/aromatic N) is 2. The highest BCUT2D eigenvalue weighted by molar-refractivity contribution is 9.10. The monoisotopic (exact) mass is 289 g/mol. The molecule has 0 amide bonds. The van der Waals surface area contributed by atoms with Gasteiger partial charge >= 0.3 is 0 Å². The van der Waals surface area contributed by atoms with Gasteiger partial charge in [-0.05, 0) is 28.8 Å². The van der Waals surface area contributed by atoms with Crippen LogP contribution in [0.5, 0.6) is 5.88 Å². The van der Waals surface area contributed by atoms with Crippen LogP contribution in [0, 0.1) is 0 Å². The van der Waals surface area contributed by atoms with Gasteiger partial charge in [-0.3, -0.25) is 0 Å². The molecule has 0 saturated heterocycles. The molecule has 0 aromatic carbocycles. The number of hydrogen-bond donors (Lipinski definition) is 2. The number of methoxy groups -OCH3 is 1. The number of hydrogen-bond acceptors (Lipinski definition) is 5. The van der Waals surface area contributed by atoms with Crippen LogP contribution in [0.25, 0.3) is 0 Å². The summed E-state index contributed by atoms with van der Waals surface area (Å²) in [4.78, 5) is 8.22. The van der Waals surface area contributed by atoms with Gasteiger partial charge in [0.25, 0.3) is 0 Å². The number of nitrogens with one attached hydrogen (secondary N) is 1. The SMILES string of the molecule is CCC(O)CCNc1ncc(Br)c(OC)n1. The third-order valence-electron chi connectivity index (χ3n) is 2.14. The molecule has 0 bridgehead atoms. The van der Waals surface area contributed by atoms with Crippen molar-refractivity contribution < 1.29 is 9.84 Å². The first-order chi connectivity index (χ1) is 7.67. The van der Waals surface area contributed by atoms with E-state index < -0.39 is 0 Å². The highest BCUT2D eigenvalue weighted by Crippen LogP contribution is 2.21. The number of aliphatic hydroxyl groups excluding tert-OH is 1. The average molecular weight is 290 g/mol. The standard InChI is InChI=1S/C10H16BrN3O2/c1-3-7(15)4-5-12-10-13-6-8(11)9(14-10)16-2/h6-7,15H,3-5H2,1-2H3,(H,12,13,14). The maximum atomic E-state index is 9.37. The van der Waals surface area contributed by atoms with E-state index in [1.807, 2.05) is 6.92 Å².